The van der Waals surface area contributed by atoms with Crippen LogP contribution in [0.15, 0.2) is 82.0 Å². The fourth-order valence-electron chi connectivity index (χ4n) is 3.11. The number of ether oxygens (including phenoxy) is 2. The molecular formula is C23H18O4. The number of methoxy groups -OCH3 is 2. The number of benzene rings is 3. The Labute approximate surface area is 156 Å². The number of rotatable bonds is 4. The molecule has 0 bridgehead atoms. The van der Waals surface area contributed by atoms with Gasteiger partial charge in [-0.1, -0.05) is 54.6 Å². The van der Waals surface area contributed by atoms with Crippen molar-refractivity contribution in [2.45, 2.75) is 0 Å². The lowest BCUT2D eigenvalue weighted by atomic mass is 10.0. The third kappa shape index (κ3) is 3.17. The minimum absolute atomic E-state index is 0.155. The molecule has 0 fully saturated rings. The third-order valence-corrected chi connectivity index (χ3v) is 4.50. The number of hydrogen-bond donors (Lipinski definition) is 0. The Kier molecular flexibility index (Phi) is 4.38. The maximum absolute atomic E-state index is 12.7. The summed E-state index contributed by atoms with van der Waals surface area (Å²) in [6, 6.07) is 22.9. The third-order valence-electron chi connectivity index (χ3n) is 4.50. The van der Waals surface area contributed by atoms with Crippen LogP contribution in [-0.4, -0.2) is 14.2 Å². The quantitative estimate of drug-likeness (QED) is 0.506. The van der Waals surface area contributed by atoms with Gasteiger partial charge in [-0.3, -0.25) is 4.79 Å². The van der Waals surface area contributed by atoms with Crippen molar-refractivity contribution in [1.82, 2.24) is 0 Å². The van der Waals surface area contributed by atoms with Crippen LogP contribution in [0.25, 0.3) is 33.4 Å². The van der Waals surface area contributed by atoms with Crippen molar-refractivity contribution in [1.29, 1.82) is 0 Å². The smallest absolute Gasteiger partial charge is 0.197 e. The summed E-state index contributed by atoms with van der Waals surface area (Å²) in [5.74, 6) is 1.51. The summed E-state index contributed by atoms with van der Waals surface area (Å²) >= 11 is 0. The zero-order valence-corrected chi connectivity index (χ0v) is 15.1. The first kappa shape index (κ1) is 16.9. The first-order valence-corrected chi connectivity index (χ1v) is 8.55. The van der Waals surface area contributed by atoms with E-state index >= 15 is 0 Å². The second-order valence-corrected chi connectivity index (χ2v) is 6.12. The zero-order chi connectivity index (χ0) is 18.8. The van der Waals surface area contributed by atoms with Gasteiger partial charge in [-0.15, -0.1) is 0 Å². The van der Waals surface area contributed by atoms with E-state index in [0.717, 1.165) is 16.7 Å². The maximum Gasteiger partial charge on any atom is 0.197 e. The average Bonchev–Trinajstić information content (AvgIpc) is 2.73. The molecule has 0 radical (unpaired) electrons. The Morgan fingerprint density at radius 3 is 2.07 bits per heavy atom. The van der Waals surface area contributed by atoms with Gasteiger partial charge in [-0.2, -0.15) is 0 Å². The molecular weight excluding hydrogens is 340 g/mol. The minimum Gasteiger partial charge on any atom is -0.496 e. The van der Waals surface area contributed by atoms with Crippen molar-refractivity contribution in [3.63, 3.8) is 0 Å². The fraction of sp³-hybridized carbons (Fsp3) is 0.0870. The molecule has 0 aliphatic heterocycles. The van der Waals surface area contributed by atoms with Crippen molar-refractivity contribution in [2.75, 3.05) is 14.2 Å². The molecule has 0 saturated heterocycles. The lowest BCUT2D eigenvalue weighted by Crippen LogP contribution is -2.03. The molecule has 1 aromatic heterocycles. The monoisotopic (exact) mass is 358 g/mol. The molecule has 4 rings (SSSR count). The Bertz CT molecular complexity index is 1140. The van der Waals surface area contributed by atoms with E-state index in [-0.39, 0.29) is 5.43 Å². The van der Waals surface area contributed by atoms with Crippen molar-refractivity contribution in [3.05, 3.63) is 83.0 Å². The van der Waals surface area contributed by atoms with Gasteiger partial charge in [-0.25, -0.2) is 0 Å². The zero-order valence-electron chi connectivity index (χ0n) is 15.1. The van der Waals surface area contributed by atoms with Crippen LogP contribution in [0.5, 0.6) is 11.5 Å². The van der Waals surface area contributed by atoms with Gasteiger partial charge < -0.3 is 13.9 Å². The Hall–Kier alpha value is -3.53. The van der Waals surface area contributed by atoms with Gasteiger partial charge in [0.15, 0.2) is 5.43 Å². The molecule has 0 atom stereocenters. The molecule has 134 valence electrons. The van der Waals surface area contributed by atoms with Crippen LogP contribution in [0.2, 0.25) is 0 Å². The van der Waals surface area contributed by atoms with E-state index in [2.05, 4.69) is 12.1 Å². The molecule has 0 aliphatic carbocycles. The Morgan fingerprint density at radius 1 is 0.741 bits per heavy atom. The first-order valence-electron chi connectivity index (χ1n) is 8.55. The van der Waals surface area contributed by atoms with E-state index in [1.54, 1.807) is 19.2 Å². The van der Waals surface area contributed by atoms with Crippen molar-refractivity contribution < 1.29 is 13.9 Å². The summed E-state index contributed by atoms with van der Waals surface area (Å²) in [6.45, 7) is 0. The summed E-state index contributed by atoms with van der Waals surface area (Å²) in [5, 5.41) is 0.406. The lowest BCUT2D eigenvalue weighted by Gasteiger charge is -2.09. The summed E-state index contributed by atoms with van der Waals surface area (Å²) in [6.07, 6.45) is 0. The highest BCUT2D eigenvalue weighted by atomic mass is 16.5. The van der Waals surface area contributed by atoms with Crippen molar-refractivity contribution in [2.24, 2.45) is 0 Å². The average molecular weight is 358 g/mol. The molecule has 4 heteroatoms. The van der Waals surface area contributed by atoms with E-state index in [0.29, 0.717) is 28.2 Å². The van der Waals surface area contributed by atoms with Crippen LogP contribution in [-0.2, 0) is 0 Å². The predicted octanol–water partition coefficient (Wildman–Crippen LogP) is 5.14. The molecule has 4 aromatic rings. The molecule has 0 spiro atoms. The van der Waals surface area contributed by atoms with E-state index in [1.807, 2.05) is 42.5 Å². The SMILES string of the molecule is COc1cc(OC)c2c(=O)cc(-c3ccc(-c4ccccc4)cc3)oc2c1. The fourth-order valence-corrected chi connectivity index (χ4v) is 3.11. The van der Waals surface area contributed by atoms with Gasteiger partial charge in [0, 0.05) is 23.8 Å². The van der Waals surface area contributed by atoms with Crippen LogP contribution < -0.4 is 14.9 Å². The predicted molar refractivity (Wildman–Crippen MR) is 106 cm³/mol. The molecule has 3 aromatic carbocycles. The summed E-state index contributed by atoms with van der Waals surface area (Å²) in [7, 11) is 3.08. The highest BCUT2D eigenvalue weighted by Gasteiger charge is 2.13. The van der Waals surface area contributed by atoms with E-state index in [9.17, 15) is 4.79 Å². The maximum atomic E-state index is 12.7. The largest absolute Gasteiger partial charge is 0.496 e. The molecule has 0 N–H and O–H groups in total. The highest BCUT2D eigenvalue weighted by molar-refractivity contribution is 5.86. The van der Waals surface area contributed by atoms with Gasteiger partial charge in [0.1, 0.15) is 28.2 Å². The Balaban J connectivity index is 1.81. The standard InChI is InChI=1S/C23H18O4/c1-25-18-12-21(26-2)23-19(24)14-20(27-22(23)13-18)17-10-8-16(9-11-17)15-6-4-3-5-7-15/h3-14H,1-2H3. The molecule has 1 heterocycles. The molecule has 0 amide bonds. The van der Waals surface area contributed by atoms with Gasteiger partial charge >= 0.3 is 0 Å². The van der Waals surface area contributed by atoms with Crippen LogP contribution in [0, 0.1) is 0 Å². The first-order chi connectivity index (χ1) is 13.2. The molecule has 27 heavy (non-hydrogen) atoms. The van der Waals surface area contributed by atoms with Crippen LogP contribution >= 0.6 is 0 Å². The van der Waals surface area contributed by atoms with Gasteiger partial charge in [0.2, 0.25) is 0 Å². The van der Waals surface area contributed by atoms with E-state index in [1.165, 1.54) is 13.2 Å². The van der Waals surface area contributed by atoms with E-state index < -0.39 is 0 Å². The molecule has 0 saturated carbocycles. The van der Waals surface area contributed by atoms with Crippen molar-refractivity contribution >= 4 is 11.0 Å². The molecule has 0 aliphatic rings. The second-order valence-electron chi connectivity index (χ2n) is 6.12. The number of fused-ring (bicyclic) bond motifs is 1. The summed E-state index contributed by atoms with van der Waals surface area (Å²) in [4.78, 5) is 12.7. The molecule has 0 unspecified atom stereocenters. The normalized spacial score (nSPS) is 10.7. The van der Waals surface area contributed by atoms with E-state index in [4.69, 9.17) is 13.9 Å². The van der Waals surface area contributed by atoms with Crippen LogP contribution in [0.3, 0.4) is 0 Å². The lowest BCUT2D eigenvalue weighted by molar-refractivity contribution is 0.396. The van der Waals surface area contributed by atoms with Gasteiger partial charge in [-0.05, 0) is 11.1 Å². The summed E-state index contributed by atoms with van der Waals surface area (Å²) < 4.78 is 16.6. The minimum atomic E-state index is -0.155. The van der Waals surface area contributed by atoms with Crippen LogP contribution in [0.4, 0.5) is 0 Å². The molecule has 4 nitrogen and oxygen atoms in total. The van der Waals surface area contributed by atoms with Gasteiger partial charge in [0.25, 0.3) is 0 Å². The van der Waals surface area contributed by atoms with Crippen molar-refractivity contribution in [3.8, 4) is 33.9 Å². The topological polar surface area (TPSA) is 48.7 Å². The number of hydrogen-bond acceptors (Lipinski definition) is 4. The van der Waals surface area contributed by atoms with Crippen LogP contribution in [0.1, 0.15) is 0 Å². The summed E-state index contributed by atoms with van der Waals surface area (Å²) in [5.41, 5.74) is 3.35. The van der Waals surface area contributed by atoms with Gasteiger partial charge in [0.05, 0.1) is 14.2 Å². The second kappa shape index (κ2) is 7.00. The highest BCUT2D eigenvalue weighted by Crippen LogP contribution is 2.32. The Morgan fingerprint density at radius 2 is 1.41 bits per heavy atom.